The number of phosphoric ester groups is 2. The lowest BCUT2D eigenvalue weighted by Gasteiger charge is -2.21. The van der Waals surface area contributed by atoms with E-state index >= 15 is 0 Å². The van der Waals surface area contributed by atoms with E-state index in [4.69, 9.17) is 37.0 Å². The summed E-state index contributed by atoms with van der Waals surface area (Å²) in [5.74, 6) is -2.31. The number of carbonyl (C=O) groups is 4. The molecule has 0 aliphatic heterocycles. The number of rotatable bonds is 76. The first-order valence-electron chi connectivity index (χ1n) is 41.1. The van der Waals surface area contributed by atoms with Crippen LogP contribution in [-0.4, -0.2) is 96.7 Å². The molecule has 0 aromatic rings. The predicted octanol–water partition coefficient (Wildman–Crippen LogP) is 24.2. The van der Waals surface area contributed by atoms with Gasteiger partial charge in [0.15, 0.2) is 12.2 Å². The van der Waals surface area contributed by atoms with E-state index in [1.165, 1.54) is 96.3 Å². The second-order valence-corrected chi connectivity index (χ2v) is 29.9. The number of aliphatic hydroxyl groups is 1. The van der Waals surface area contributed by atoms with Crippen LogP contribution in [0.5, 0.6) is 0 Å². The molecule has 0 aromatic heterocycles. The first-order valence-corrected chi connectivity index (χ1v) is 44.1. The van der Waals surface area contributed by atoms with Crippen LogP contribution in [0.1, 0.15) is 323 Å². The van der Waals surface area contributed by atoms with Gasteiger partial charge >= 0.3 is 39.5 Å². The molecule has 0 rings (SSSR count). The number of aliphatic hydroxyl groups excluding tert-OH is 1. The van der Waals surface area contributed by atoms with Crippen LogP contribution in [0.15, 0.2) is 146 Å². The first kappa shape index (κ1) is 101. The Morgan fingerprint density at radius 3 is 0.840 bits per heavy atom. The fraction of sp³-hybridized carbons (Fsp3) is 0.678. The molecule has 0 aliphatic carbocycles. The van der Waals surface area contributed by atoms with E-state index in [0.29, 0.717) is 32.1 Å². The third kappa shape index (κ3) is 77.1. The fourth-order valence-electron chi connectivity index (χ4n) is 10.6. The molecule has 0 heterocycles. The third-order valence-corrected chi connectivity index (χ3v) is 18.7. The number of esters is 4. The molecule has 5 unspecified atom stereocenters. The molecule has 0 aromatic carbocycles. The van der Waals surface area contributed by atoms with Crippen molar-refractivity contribution in [2.24, 2.45) is 0 Å². The van der Waals surface area contributed by atoms with Gasteiger partial charge < -0.3 is 33.8 Å². The summed E-state index contributed by atoms with van der Waals surface area (Å²) in [6.45, 7) is 4.52. The number of carbonyl (C=O) groups excluding carboxylic acids is 4. The van der Waals surface area contributed by atoms with Crippen LogP contribution in [0.2, 0.25) is 0 Å². The van der Waals surface area contributed by atoms with Gasteiger partial charge in [-0.2, -0.15) is 0 Å². The Morgan fingerprint density at radius 2 is 0.509 bits per heavy atom. The zero-order chi connectivity index (χ0) is 77.4. The second kappa shape index (κ2) is 78.1. The molecule has 0 amide bonds. The molecule has 106 heavy (non-hydrogen) atoms. The lowest BCUT2D eigenvalue weighted by molar-refractivity contribution is -0.161. The van der Waals surface area contributed by atoms with Crippen molar-refractivity contribution in [2.45, 2.75) is 341 Å². The van der Waals surface area contributed by atoms with Crippen molar-refractivity contribution in [3.8, 4) is 0 Å². The molecule has 0 fully saturated rings. The van der Waals surface area contributed by atoms with Gasteiger partial charge in [-0.25, -0.2) is 9.13 Å². The van der Waals surface area contributed by atoms with Crippen LogP contribution in [0.3, 0.4) is 0 Å². The van der Waals surface area contributed by atoms with Crippen molar-refractivity contribution in [3.05, 3.63) is 146 Å². The molecule has 3 N–H and O–H groups in total. The van der Waals surface area contributed by atoms with Crippen molar-refractivity contribution < 1.29 is 80.2 Å². The summed E-state index contributed by atoms with van der Waals surface area (Å²) in [4.78, 5) is 73.1. The van der Waals surface area contributed by atoms with Crippen molar-refractivity contribution in [1.82, 2.24) is 0 Å². The van der Waals surface area contributed by atoms with Gasteiger partial charge in [-0.05, 0) is 135 Å². The smallest absolute Gasteiger partial charge is 0.462 e. The van der Waals surface area contributed by atoms with Crippen LogP contribution in [0.4, 0.5) is 0 Å². The Morgan fingerprint density at radius 1 is 0.274 bits per heavy atom. The van der Waals surface area contributed by atoms with Gasteiger partial charge in [-0.3, -0.25) is 37.3 Å². The Labute approximate surface area is 643 Å². The van der Waals surface area contributed by atoms with E-state index in [2.05, 4.69) is 155 Å². The molecule has 0 radical (unpaired) electrons. The summed E-state index contributed by atoms with van der Waals surface area (Å²) in [6, 6.07) is 0. The quantitative estimate of drug-likeness (QED) is 0.0169. The normalized spacial score (nSPS) is 14.6. The number of unbranched alkanes of at least 4 members (excludes halogenated alkanes) is 26. The minimum absolute atomic E-state index is 0.0241. The summed E-state index contributed by atoms with van der Waals surface area (Å²) in [5.41, 5.74) is 0. The van der Waals surface area contributed by atoms with Crippen LogP contribution >= 0.6 is 15.6 Å². The van der Waals surface area contributed by atoms with Crippen LogP contribution in [-0.2, 0) is 65.4 Å². The monoisotopic (exact) mass is 1530 g/mol. The van der Waals surface area contributed by atoms with Gasteiger partial charge in [-0.15, -0.1) is 0 Å². The van der Waals surface area contributed by atoms with Crippen LogP contribution < -0.4 is 0 Å². The van der Waals surface area contributed by atoms with Crippen molar-refractivity contribution in [1.29, 1.82) is 0 Å². The number of hydrogen-bond donors (Lipinski definition) is 3. The topological polar surface area (TPSA) is 237 Å². The Hall–Kier alpha value is -5.06. The predicted molar refractivity (Wildman–Crippen MR) is 436 cm³/mol. The molecule has 0 spiro atoms. The maximum Gasteiger partial charge on any atom is 0.472 e. The maximum atomic E-state index is 13.1. The van der Waals surface area contributed by atoms with E-state index in [9.17, 15) is 43.2 Å². The highest BCUT2D eigenvalue weighted by Crippen LogP contribution is 2.45. The van der Waals surface area contributed by atoms with Gasteiger partial charge in [0.2, 0.25) is 0 Å². The van der Waals surface area contributed by atoms with Gasteiger partial charge in [0.05, 0.1) is 26.4 Å². The summed E-state index contributed by atoms with van der Waals surface area (Å²) in [5, 5.41) is 10.7. The second-order valence-electron chi connectivity index (χ2n) is 27.0. The molecule has 0 aliphatic rings. The standard InChI is InChI=1S/C87H146O17P2/c1-5-9-13-17-21-25-29-33-36-38-40-42-45-49-52-56-60-64-68-72-85(90)98-78-83(104-87(92)74-70-66-62-58-54-50-46-43-41-39-37-34-30-26-22-18-14-10-6-2)80-102-106(95,96)100-76-81(88)75-99-105(93,94)101-79-82(103-86(91)73-69-65-61-57-53-47-32-28-24-20-16-12-8-4)77-97-84(89)71-67-63-59-55-51-48-44-35-31-27-23-19-15-11-7-3/h9-10,13-14,21-22,25-26,28,32-34,36-37,40-43,49-50,52,54,60,64,81-83,88H,5-8,11-12,15-20,23-24,27,29-31,35,38-39,44-48,51,53,55-59,61-63,65-80H2,1-4H3,(H,93,94)(H,95,96)/b13-9-,14-10-,25-21-,26-22-,32-28-,36-33-,37-34-,42-40-,43-41-,52-49-,54-50-,64-60-. The van der Waals surface area contributed by atoms with Crippen molar-refractivity contribution >= 4 is 39.5 Å². The first-order chi connectivity index (χ1) is 51.7. The molecular weight excluding hydrogens is 1380 g/mol. The van der Waals surface area contributed by atoms with E-state index in [0.717, 1.165) is 141 Å². The van der Waals surface area contributed by atoms with Crippen LogP contribution in [0.25, 0.3) is 0 Å². The number of allylic oxidation sites excluding steroid dienone is 24. The average molecular weight is 1530 g/mol. The fourth-order valence-corrected chi connectivity index (χ4v) is 12.2. The summed E-state index contributed by atoms with van der Waals surface area (Å²) >= 11 is 0. The van der Waals surface area contributed by atoms with E-state index in [1.54, 1.807) is 0 Å². The molecule has 606 valence electrons. The highest BCUT2D eigenvalue weighted by atomic mass is 31.2. The minimum Gasteiger partial charge on any atom is -0.462 e. The van der Waals surface area contributed by atoms with Gasteiger partial charge in [-0.1, -0.05) is 308 Å². The highest BCUT2D eigenvalue weighted by molar-refractivity contribution is 7.47. The molecule has 19 heteroatoms. The lowest BCUT2D eigenvalue weighted by Crippen LogP contribution is -2.30. The lowest BCUT2D eigenvalue weighted by atomic mass is 10.0. The Kier molecular flexibility index (Phi) is 74.3. The van der Waals surface area contributed by atoms with Crippen molar-refractivity contribution in [3.63, 3.8) is 0 Å². The van der Waals surface area contributed by atoms with E-state index in [1.807, 2.05) is 18.2 Å². The average Bonchev–Trinajstić information content (AvgIpc) is 0.903. The van der Waals surface area contributed by atoms with Gasteiger partial charge in [0, 0.05) is 25.7 Å². The summed E-state index contributed by atoms with van der Waals surface area (Å²) in [6.07, 6.45) is 89.8. The largest absolute Gasteiger partial charge is 0.472 e. The van der Waals surface area contributed by atoms with E-state index < -0.39 is 97.5 Å². The molecule has 5 atom stereocenters. The van der Waals surface area contributed by atoms with Gasteiger partial charge in [0.1, 0.15) is 19.3 Å². The molecular formula is C87H146O17P2. The summed E-state index contributed by atoms with van der Waals surface area (Å²) < 4.78 is 68.6. The third-order valence-electron chi connectivity index (χ3n) is 16.8. The minimum atomic E-state index is -5.01. The Bertz CT molecular complexity index is 2580. The SMILES string of the molecule is CC/C=C\C/C=C\C/C=C\C/C=C\C/C=C\C/C=C\CCC(=O)OCC(COP(=O)(O)OCC(O)COP(=O)(O)OCC(COC(=O)CCCCCCCCCCCCCCCCC)OC(=O)CCCCCCC/C=C\CCCCCC)OC(=O)CCCCC/C=C\C/C=C\C/C=C\C/C=C\C/C=C\CC. The van der Waals surface area contributed by atoms with Gasteiger partial charge in [0.25, 0.3) is 0 Å². The molecule has 0 saturated carbocycles. The Balaban J connectivity index is 5.47. The number of ether oxygens (including phenoxy) is 4. The summed E-state index contributed by atoms with van der Waals surface area (Å²) in [7, 11) is -10.00. The van der Waals surface area contributed by atoms with E-state index in [-0.39, 0.29) is 25.7 Å². The highest BCUT2D eigenvalue weighted by Gasteiger charge is 2.30. The zero-order valence-electron chi connectivity index (χ0n) is 66.3. The number of hydrogen-bond acceptors (Lipinski definition) is 15. The molecule has 0 saturated heterocycles. The maximum absolute atomic E-state index is 13.1. The molecule has 0 bridgehead atoms. The van der Waals surface area contributed by atoms with Crippen LogP contribution in [0, 0.1) is 0 Å². The zero-order valence-corrected chi connectivity index (χ0v) is 68.1. The molecule has 17 nitrogen and oxygen atoms in total. The number of phosphoric acid groups is 2. The van der Waals surface area contributed by atoms with Crippen molar-refractivity contribution in [2.75, 3.05) is 39.6 Å².